The number of nitrogens with zero attached hydrogens (tertiary/aromatic N) is 2. The number of rotatable bonds is 2. The van der Waals surface area contributed by atoms with Crippen molar-refractivity contribution in [3.8, 4) is 0 Å². The van der Waals surface area contributed by atoms with E-state index in [-0.39, 0.29) is 10.7 Å². The summed E-state index contributed by atoms with van der Waals surface area (Å²) in [6.07, 6.45) is -5.55. The Hall–Kier alpha value is -0.790. The van der Waals surface area contributed by atoms with Crippen molar-refractivity contribution in [2.24, 2.45) is 12.9 Å². The van der Waals surface area contributed by atoms with Gasteiger partial charge in [0.05, 0.1) is 5.56 Å². The summed E-state index contributed by atoms with van der Waals surface area (Å²) >= 11 is 5.66. The van der Waals surface area contributed by atoms with Crippen LogP contribution in [0.4, 0.5) is 13.2 Å². The van der Waals surface area contributed by atoms with Crippen molar-refractivity contribution in [3.63, 3.8) is 0 Å². The molecule has 0 spiro atoms. The molecule has 2 N–H and O–H groups in total. The van der Waals surface area contributed by atoms with Crippen LogP contribution < -0.4 is 5.90 Å². The molecule has 15 heavy (non-hydrogen) atoms. The van der Waals surface area contributed by atoms with Gasteiger partial charge in [0.2, 0.25) is 0 Å². The lowest BCUT2D eigenvalue weighted by Crippen LogP contribution is -2.13. The molecule has 0 radical (unpaired) electrons. The fourth-order valence-electron chi connectivity index (χ4n) is 1.16. The summed E-state index contributed by atoms with van der Waals surface area (Å²) in [5.74, 6) is 4.83. The van der Waals surface area contributed by atoms with Crippen molar-refractivity contribution >= 4 is 11.6 Å². The van der Waals surface area contributed by atoms with E-state index in [9.17, 15) is 13.2 Å². The standard InChI is InChI=1S/C7H9ClF3N3O/c1-3(15-12)4-5(7(9,10)11)13-14(2)6(4)8/h3H,12H2,1-2H3. The molecule has 86 valence electrons. The molecule has 0 fully saturated rings. The zero-order chi connectivity index (χ0) is 11.8. The first-order chi connectivity index (χ1) is 6.79. The Morgan fingerprint density at radius 3 is 2.47 bits per heavy atom. The molecule has 1 aromatic rings. The van der Waals surface area contributed by atoms with Crippen molar-refractivity contribution in [1.29, 1.82) is 0 Å². The molecule has 4 nitrogen and oxygen atoms in total. The van der Waals surface area contributed by atoms with E-state index < -0.39 is 18.0 Å². The number of aromatic nitrogens is 2. The average Bonchev–Trinajstić information content (AvgIpc) is 2.42. The molecule has 0 amide bonds. The van der Waals surface area contributed by atoms with E-state index in [1.165, 1.54) is 14.0 Å². The van der Waals surface area contributed by atoms with Crippen LogP contribution >= 0.6 is 11.6 Å². The number of alkyl halides is 3. The summed E-state index contributed by atoms with van der Waals surface area (Å²) in [5.41, 5.74) is -1.33. The van der Waals surface area contributed by atoms with E-state index in [2.05, 4.69) is 9.94 Å². The van der Waals surface area contributed by atoms with Gasteiger partial charge in [-0.2, -0.15) is 18.3 Å². The van der Waals surface area contributed by atoms with Crippen LogP contribution in [0.2, 0.25) is 5.15 Å². The zero-order valence-corrected chi connectivity index (χ0v) is 8.73. The van der Waals surface area contributed by atoms with Gasteiger partial charge in [0.1, 0.15) is 11.3 Å². The van der Waals surface area contributed by atoms with Crippen molar-refractivity contribution in [1.82, 2.24) is 9.78 Å². The van der Waals surface area contributed by atoms with E-state index >= 15 is 0 Å². The monoisotopic (exact) mass is 243 g/mol. The van der Waals surface area contributed by atoms with Crippen molar-refractivity contribution in [2.75, 3.05) is 0 Å². The fourth-order valence-corrected chi connectivity index (χ4v) is 1.44. The molecular formula is C7H9ClF3N3O. The predicted octanol–water partition coefficient (Wildman–Crippen LogP) is 2.04. The minimum atomic E-state index is -4.58. The molecule has 1 rings (SSSR count). The second kappa shape index (κ2) is 3.99. The highest BCUT2D eigenvalue weighted by Crippen LogP contribution is 2.37. The molecule has 1 atom stereocenters. The lowest BCUT2D eigenvalue weighted by Gasteiger charge is -2.11. The highest BCUT2D eigenvalue weighted by atomic mass is 35.5. The van der Waals surface area contributed by atoms with Gasteiger partial charge in [0, 0.05) is 7.05 Å². The largest absolute Gasteiger partial charge is 0.435 e. The van der Waals surface area contributed by atoms with Crippen LogP contribution in [0, 0.1) is 0 Å². The van der Waals surface area contributed by atoms with Crippen LogP contribution in [0.25, 0.3) is 0 Å². The Kier molecular flexibility index (Phi) is 3.27. The van der Waals surface area contributed by atoms with Crippen molar-refractivity contribution in [3.05, 3.63) is 16.4 Å². The van der Waals surface area contributed by atoms with E-state index in [0.29, 0.717) is 0 Å². The van der Waals surface area contributed by atoms with Crippen molar-refractivity contribution < 1.29 is 18.0 Å². The number of halogens is 4. The molecule has 1 heterocycles. The second-order valence-corrected chi connectivity index (χ2v) is 3.31. The summed E-state index contributed by atoms with van der Waals surface area (Å²) in [6, 6.07) is 0. The number of aryl methyl sites for hydroxylation is 1. The van der Waals surface area contributed by atoms with Crippen LogP contribution in [-0.2, 0) is 18.1 Å². The smallest absolute Gasteiger partial charge is 0.297 e. The third-order valence-electron chi connectivity index (χ3n) is 1.89. The molecule has 0 aliphatic heterocycles. The minimum Gasteiger partial charge on any atom is -0.297 e. The summed E-state index contributed by atoms with van der Waals surface area (Å²) in [4.78, 5) is 4.33. The summed E-state index contributed by atoms with van der Waals surface area (Å²) in [6.45, 7) is 1.36. The Balaban J connectivity index is 3.34. The Labute approximate surface area is 88.7 Å². The molecule has 0 aliphatic rings. The first-order valence-corrected chi connectivity index (χ1v) is 4.32. The second-order valence-electron chi connectivity index (χ2n) is 2.95. The predicted molar refractivity (Wildman–Crippen MR) is 46.9 cm³/mol. The lowest BCUT2D eigenvalue weighted by molar-refractivity contribution is -0.143. The van der Waals surface area contributed by atoms with Gasteiger partial charge in [0.15, 0.2) is 5.69 Å². The molecule has 8 heteroatoms. The summed E-state index contributed by atoms with van der Waals surface area (Å²) in [5, 5.41) is 3.14. The Morgan fingerprint density at radius 2 is 2.07 bits per heavy atom. The zero-order valence-electron chi connectivity index (χ0n) is 7.97. The first kappa shape index (κ1) is 12.3. The minimum absolute atomic E-state index is 0.139. The maximum absolute atomic E-state index is 12.5. The number of nitrogens with two attached hydrogens (primary N) is 1. The third-order valence-corrected chi connectivity index (χ3v) is 2.34. The van der Waals surface area contributed by atoms with Gasteiger partial charge >= 0.3 is 6.18 Å². The van der Waals surface area contributed by atoms with E-state index in [4.69, 9.17) is 17.5 Å². The quantitative estimate of drug-likeness (QED) is 0.809. The molecule has 1 unspecified atom stereocenters. The lowest BCUT2D eigenvalue weighted by atomic mass is 10.1. The molecule has 0 bridgehead atoms. The summed E-state index contributed by atoms with van der Waals surface area (Å²) < 4.78 is 38.4. The van der Waals surface area contributed by atoms with Crippen LogP contribution in [0.1, 0.15) is 24.3 Å². The molecule has 0 aromatic carbocycles. The van der Waals surface area contributed by atoms with Gasteiger partial charge in [-0.15, -0.1) is 0 Å². The van der Waals surface area contributed by atoms with Gasteiger partial charge < -0.3 is 0 Å². The van der Waals surface area contributed by atoms with Crippen LogP contribution in [0.15, 0.2) is 0 Å². The van der Waals surface area contributed by atoms with Crippen LogP contribution in [0.3, 0.4) is 0 Å². The normalized spacial score (nSPS) is 14.3. The maximum Gasteiger partial charge on any atom is 0.435 e. The molecule has 1 aromatic heterocycles. The number of hydrogen-bond donors (Lipinski definition) is 1. The van der Waals surface area contributed by atoms with Crippen molar-refractivity contribution in [2.45, 2.75) is 19.2 Å². The van der Waals surface area contributed by atoms with Gasteiger partial charge in [-0.3, -0.25) is 9.52 Å². The number of hydrogen-bond acceptors (Lipinski definition) is 3. The van der Waals surface area contributed by atoms with Crippen LogP contribution in [0.5, 0.6) is 0 Å². The van der Waals surface area contributed by atoms with Gasteiger partial charge in [-0.1, -0.05) is 11.6 Å². The summed E-state index contributed by atoms with van der Waals surface area (Å²) in [7, 11) is 1.31. The SMILES string of the molecule is CC(ON)c1c(C(F)(F)F)nn(C)c1Cl. The van der Waals surface area contributed by atoms with Crippen LogP contribution in [-0.4, -0.2) is 9.78 Å². The topological polar surface area (TPSA) is 53.1 Å². The molecule has 0 aliphatic carbocycles. The third kappa shape index (κ3) is 2.24. The van der Waals surface area contributed by atoms with E-state index in [1.54, 1.807) is 0 Å². The molecular weight excluding hydrogens is 235 g/mol. The van der Waals surface area contributed by atoms with Gasteiger partial charge in [0.25, 0.3) is 0 Å². The van der Waals surface area contributed by atoms with E-state index in [1.807, 2.05) is 0 Å². The maximum atomic E-state index is 12.5. The molecule has 0 saturated heterocycles. The highest BCUT2D eigenvalue weighted by molar-refractivity contribution is 6.30. The highest BCUT2D eigenvalue weighted by Gasteiger charge is 2.40. The van der Waals surface area contributed by atoms with Gasteiger partial charge in [-0.25, -0.2) is 5.90 Å². The molecule has 0 saturated carbocycles. The first-order valence-electron chi connectivity index (χ1n) is 3.94. The average molecular weight is 244 g/mol. The van der Waals surface area contributed by atoms with Gasteiger partial charge in [-0.05, 0) is 6.92 Å². The van der Waals surface area contributed by atoms with E-state index in [0.717, 1.165) is 4.68 Å². The Morgan fingerprint density at radius 1 is 1.53 bits per heavy atom. The fraction of sp³-hybridized carbons (Fsp3) is 0.571. The Bertz CT molecular complexity index is 363.